The number of esters is 1. The van der Waals surface area contributed by atoms with Crippen LogP contribution in [0.1, 0.15) is 42.6 Å². The van der Waals surface area contributed by atoms with Gasteiger partial charge in [-0.2, -0.15) is 18.4 Å². The molecule has 0 saturated carbocycles. The zero-order chi connectivity index (χ0) is 35.0. The number of fused-ring (bicyclic) bond motifs is 5. The van der Waals surface area contributed by atoms with E-state index in [0.29, 0.717) is 0 Å². The number of benzene rings is 1. The van der Waals surface area contributed by atoms with Gasteiger partial charge in [0.15, 0.2) is 23.1 Å². The average Bonchev–Trinajstić information content (AvgIpc) is 3.05. The van der Waals surface area contributed by atoms with Crippen LogP contribution in [0, 0.1) is 11.3 Å². The molecule has 2 bridgehead atoms. The third-order valence-electron chi connectivity index (χ3n) is 10.0. The molecule has 3 heterocycles. The minimum Gasteiger partial charge on any atom is -0.492 e. The Labute approximate surface area is 272 Å². The number of likely N-dealkylation sites (N-methyl/N-ethyl adjacent to an activating group) is 1. The summed E-state index contributed by atoms with van der Waals surface area (Å²) in [4.78, 5) is 71.9. The molecule has 5 aliphatic rings. The highest BCUT2D eigenvalue weighted by Crippen LogP contribution is 2.49. The Balaban J connectivity index is 1.50. The normalized spacial score (nSPS) is 27.9. The van der Waals surface area contributed by atoms with Crippen molar-refractivity contribution in [2.75, 3.05) is 27.9 Å². The number of piperazine rings is 1. The van der Waals surface area contributed by atoms with Gasteiger partial charge in [0.05, 0.1) is 43.5 Å². The van der Waals surface area contributed by atoms with Crippen LogP contribution in [0.15, 0.2) is 69.2 Å². The highest BCUT2D eigenvalue weighted by molar-refractivity contribution is 6.26. The molecule has 1 fully saturated rings. The standard InChI is InChI=1S/C34H30F3N3O8/c1-14-27(41)17-11-21-26-25-18(28(42)15(2)32(47-5)30(25)44)10-20(39(26)3)22(12-38)40(21)23(24(17)29(43)31(14)46-4)13-48-33(45)16-8-6-7-9-19(16)34(35,36)37/h6-9,20-23,26H,10-11,13H2,1-5H3/t20-,21-,22-,23-,26+/m0/s1. The first kappa shape index (κ1) is 33.0. The van der Waals surface area contributed by atoms with Crippen LogP contribution in [-0.2, 0) is 39.6 Å². The predicted octanol–water partition coefficient (Wildman–Crippen LogP) is 3.02. The smallest absolute Gasteiger partial charge is 0.417 e. The van der Waals surface area contributed by atoms with E-state index in [9.17, 15) is 42.4 Å². The maximum Gasteiger partial charge on any atom is 0.417 e. The molecule has 14 heteroatoms. The van der Waals surface area contributed by atoms with Crippen molar-refractivity contribution in [3.05, 3.63) is 80.3 Å². The molecule has 1 saturated heterocycles. The monoisotopic (exact) mass is 665 g/mol. The van der Waals surface area contributed by atoms with Gasteiger partial charge in [0.25, 0.3) is 0 Å². The van der Waals surface area contributed by atoms with Crippen LogP contribution in [0.2, 0.25) is 0 Å². The quantitative estimate of drug-likeness (QED) is 0.338. The van der Waals surface area contributed by atoms with Gasteiger partial charge >= 0.3 is 12.1 Å². The summed E-state index contributed by atoms with van der Waals surface area (Å²) < 4.78 is 57.4. The first-order valence-corrected chi connectivity index (χ1v) is 15.1. The molecule has 48 heavy (non-hydrogen) atoms. The fraction of sp³-hybridized carbons (Fsp3) is 0.412. The number of alkyl halides is 3. The highest BCUT2D eigenvalue weighted by atomic mass is 19.4. The van der Waals surface area contributed by atoms with Gasteiger partial charge in [0.1, 0.15) is 12.6 Å². The predicted molar refractivity (Wildman–Crippen MR) is 159 cm³/mol. The molecule has 3 aliphatic heterocycles. The van der Waals surface area contributed by atoms with Crippen molar-refractivity contribution in [2.24, 2.45) is 0 Å². The zero-order valence-corrected chi connectivity index (χ0v) is 26.6. The van der Waals surface area contributed by atoms with Gasteiger partial charge in [-0.15, -0.1) is 0 Å². The minimum atomic E-state index is -4.87. The van der Waals surface area contributed by atoms with Crippen LogP contribution in [0.25, 0.3) is 0 Å². The largest absolute Gasteiger partial charge is 0.492 e. The Hall–Kier alpha value is -4.87. The van der Waals surface area contributed by atoms with E-state index in [1.54, 1.807) is 16.8 Å². The molecule has 2 aliphatic carbocycles. The molecular formula is C34H30F3N3O8. The fourth-order valence-electron chi connectivity index (χ4n) is 7.92. The summed E-state index contributed by atoms with van der Waals surface area (Å²) >= 11 is 0. The number of Topliss-reactive ketones (excluding diaryl/α,β-unsaturated/α-hetero) is 4. The Kier molecular flexibility index (Phi) is 8.04. The van der Waals surface area contributed by atoms with Crippen LogP contribution in [0.5, 0.6) is 0 Å². The number of carbonyl (C=O) groups excluding carboxylic acids is 5. The number of halogens is 3. The summed E-state index contributed by atoms with van der Waals surface area (Å²) in [6.45, 7) is 2.19. The molecular weight excluding hydrogens is 635 g/mol. The summed E-state index contributed by atoms with van der Waals surface area (Å²) in [7, 11) is 4.19. The van der Waals surface area contributed by atoms with Crippen molar-refractivity contribution in [2.45, 2.75) is 63.1 Å². The maximum absolute atomic E-state index is 13.9. The lowest BCUT2D eigenvalue weighted by Crippen LogP contribution is -2.74. The first-order valence-electron chi connectivity index (χ1n) is 15.1. The topological polar surface area (TPSA) is 143 Å². The van der Waals surface area contributed by atoms with Crippen molar-refractivity contribution in [3.63, 3.8) is 0 Å². The van der Waals surface area contributed by atoms with Gasteiger partial charge < -0.3 is 14.2 Å². The third kappa shape index (κ3) is 4.67. The molecule has 0 amide bonds. The molecule has 0 aromatic heterocycles. The molecule has 0 spiro atoms. The van der Waals surface area contributed by atoms with E-state index in [2.05, 4.69) is 6.07 Å². The second-order valence-corrected chi connectivity index (χ2v) is 12.2. The van der Waals surface area contributed by atoms with Crippen molar-refractivity contribution in [1.29, 1.82) is 5.26 Å². The number of hydrogen-bond donors (Lipinski definition) is 0. The van der Waals surface area contributed by atoms with E-state index >= 15 is 0 Å². The average molecular weight is 666 g/mol. The van der Waals surface area contributed by atoms with E-state index in [0.717, 1.165) is 18.2 Å². The van der Waals surface area contributed by atoms with E-state index in [1.165, 1.54) is 34.1 Å². The Morgan fingerprint density at radius 1 is 0.896 bits per heavy atom. The van der Waals surface area contributed by atoms with Crippen molar-refractivity contribution in [3.8, 4) is 6.07 Å². The molecule has 1 aromatic carbocycles. The van der Waals surface area contributed by atoms with Gasteiger partial charge in [0, 0.05) is 45.5 Å². The number of allylic oxidation sites excluding steroid dienone is 4. The van der Waals surface area contributed by atoms with Crippen LogP contribution in [-0.4, -0.2) is 97.0 Å². The van der Waals surface area contributed by atoms with Crippen LogP contribution in [0.3, 0.4) is 0 Å². The summed E-state index contributed by atoms with van der Waals surface area (Å²) in [5.74, 6) is -3.85. The highest BCUT2D eigenvalue weighted by Gasteiger charge is 2.60. The summed E-state index contributed by atoms with van der Waals surface area (Å²) in [5.41, 5.74) is -1.50. The molecule has 11 nitrogen and oxygen atoms in total. The second-order valence-electron chi connectivity index (χ2n) is 12.2. The number of methoxy groups -OCH3 is 2. The number of hydrogen-bond acceptors (Lipinski definition) is 11. The minimum absolute atomic E-state index is 0.00470. The van der Waals surface area contributed by atoms with Crippen molar-refractivity contribution < 1.29 is 51.4 Å². The number of ketones is 4. The van der Waals surface area contributed by atoms with E-state index in [1.807, 2.05) is 0 Å². The maximum atomic E-state index is 13.9. The lowest BCUT2D eigenvalue weighted by atomic mass is 9.67. The lowest BCUT2D eigenvalue weighted by Gasteiger charge is -2.60. The first-order chi connectivity index (χ1) is 22.7. The number of ether oxygens (including phenoxy) is 3. The fourth-order valence-corrected chi connectivity index (χ4v) is 7.92. The number of nitrogens with zero attached hydrogens (tertiary/aromatic N) is 3. The second kappa shape index (κ2) is 11.7. The van der Waals surface area contributed by atoms with Gasteiger partial charge in [-0.1, -0.05) is 12.1 Å². The summed E-state index contributed by atoms with van der Waals surface area (Å²) in [6.07, 6.45) is -5.00. The van der Waals surface area contributed by atoms with Crippen LogP contribution < -0.4 is 0 Å². The molecule has 5 atom stereocenters. The molecule has 0 N–H and O–H groups in total. The molecule has 6 rings (SSSR count). The van der Waals surface area contributed by atoms with Crippen molar-refractivity contribution in [1.82, 2.24) is 9.80 Å². The van der Waals surface area contributed by atoms with Gasteiger partial charge in [0.2, 0.25) is 11.6 Å². The van der Waals surface area contributed by atoms with Gasteiger partial charge in [-0.25, -0.2) is 4.79 Å². The Bertz CT molecular complexity index is 1880. The van der Waals surface area contributed by atoms with Crippen molar-refractivity contribution >= 4 is 29.1 Å². The van der Waals surface area contributed by atoms with Gasteiger partial charge in [-0.3, -0.25) is 29.0 Å². The molecule has 0 unspecified atom stereocenters. The van der Waals surface area contributed by atoms with Crippen LogP contribution in [0.4, 0.5) is 13.2 Å². The zero-order valence-electron chi connectivity index (χ0n) is 26.6. The number of carbonyl (C=O) groups is 5. The SMILES string of the molecule is COC1=C(C)C(=O)C2=C(C1=O)[C@H]1[C@@H]3CC4=C(C(=O)C(OC)=C(C)C4=O)[C@H](COC(=O)c4ccccc4C(F)(F)F)N3[C@@H](C#N)[C@H](C2)N1C. The van der Waals surface area contributed by atoms with E-state index in [4.69, 9.17) is 14.2 Å². The molecule has 250 valence electrons. The number of nitriles is 1. The van der Waals surface area contributed by atoms with Gasteiger partial charge in [-0.05, 0) is 45.9 Å². The Morgan fingerprint density at radius 3 is 2.00 bits per heavy atom. The van der Waals surface area contributed by atoms with Crippen LogP contribution >= 0.6 is 0 Å². The number of rotatable bonds is 5. The molecule has 1 aromatic rings. The lowest BCUT2D eigenvalue weighted by molar-refractivity contribution is -0.138. The van der Waals surface area contributed by atoms with E-state index < -0.39 is 83.2 Å². The third-order valence-corrected chi connectivity index (χ3v) is 10.0. The summed E-state index contributed by atoms with van der Waals surface area (Å²) in [5, 5.41) is 10.6. The summed E-state index contributed by atoms with van der Waals surface area (Å²) in [6, 6.07) is 1.52. The molecule has 0 radical (unpaired) electrons. The van der Waals surface area contributed by atoms with E-state index in [-0.39, 0.29) is 57.8 Å². The Morgan fingerprint density at radius 2 is 1.44 bits per heavy atom.